The van der Waals surface area contributed by atoms with Crippen LogP contribution in [0.15, 0.2) is 42.7 Å². The van der Waals surface area contributed by atoms with Gasteiger partial charge in [0.2, 0.25) is 0 Å². The zero-order chi connectivity index (χ0) is 21.7. The molecule has 2 rings (SSSR count). The lowest BCUT2D eigenvalue weighted by atomic mass is 10.1. The Kier molecular flexibility index (Phi) is 6.91. The number of carbonyl (C=O) groups excluding carboxylic acids is 2. The van der Waals surface area contributed by atoms with Gasteiger partial charge in [-0.05, 0) is 37.3 Å². The predicted octanol–water partition coefficient (Wildman–Crippen LogP) is 3.41. The molecule has 0 aliphatic carbocycles. The quantitative estimate of drug-likeness (QED) is 0.516. The van der Waals surface area contributed by atoms with Gasteiger partial charge in [-0.1, -0.05) is 11.6 Å². The Balaban J connectivity index is 2.58. The molecule has 0 bridgehead atoms. The van der Waals surface area contributed by atoms with Crippen molar-refractivity contribution in [1.29, 1.82) is 0 Å². The van der Waals surface area contributed by atoms with Gasteiger partial charge in [-0.2, -0.15) is 13.2 Å². The van der Waals surface area contributed by atoms with Crippen LogP contribution in [0.3, 0.4) is 0 Å². The molecule has 0 spiro atoms. The molecule has 1 heterocycles. The number of anilines is 1. The Labute approximate surface area is 169 Å². The highest BCUT2D eigenvalue weighted by molar-refractivity contribution is 6.31. The molecule has 1 aromatic carbocycles. The monoisotopic (exact) mass is 431 g/mol. The largest absolute Gasteiger partial charge is 0.495 e. The van der Waals surface area contributed by atoms with Gasteiger partial charge >= 0.3 is 17.8 Å². The van der Waals surface area contributed by atoms with E-state index in [0.717, 1.165) is 12.3 Å². The van der Waals surface area contributed by atoms with Crippen molar-refractivity contribution in [2.45, 2.75) is 18.8 Å². The Hall–Kier alpha value is -3.01. The summed E-state index contributed by atoms with van der Waals surface area (Å²) in [5.74, 6) is -2.99. The molecule has 0 fully saturated rings. The minimum Gasteiger partial charge on any atom is -0.495 e. The Morgan fingerprint density at radius 2 is 1.97 bits per heavy atom. The number of alkyl halides is 3. The van der Waals surface area contributed by atoms with Crippen LogP contribution in [0.1, 0.15) is 17.3 Å². The maximum absolute atomic E-state index is 14.2. The van der Waals surface area contributed by atoms with E-state index in [1.165, 1.54) is 44.5 Å². The van der Waals surface area contributed by atoms with Crippen LogP contribution in [0, 0.1) is 0 Å². The number of ether oxygens (including phenoxy) is 2. The van der Waals surface area contributed by atoms with E-state index >= 15 is 0 Å². The van der Waals surface area contributed by atoms with Gasteiger partial charge in [-0.25, -0.2) is 4.79 Å². The van der Waals surface area contributed by atoms with Crippen LogP contribution in [0.25, 0.3) is 0 Å². The molecule has 0 radical (unpaired) electrons. The summed E-state index contributed by atoms with van der Waals surface area (Å²) in [4.78, 5) is 28.6. The summed E-state index contributed by atoms with van der Waals surface area (Å²) >= 11 is 5.87. The highest BCUT2D eigenvalue weighted by atomic mass is 35.5. The van der Waals surface area contributed by atoms with Gasteiger partial charge < -0.3 is 20.1 Å². The van der Waals surface area contributed by atoms with Gasteiger partial charge in [0.25, 0.3) is 5.91 Å². The SMILES string of the molecule is CCOC(=O)[C@](NC(=O)c1cccnc1)(Nc1cc(Cl)ccc1OC)C(F)(F)F. The van der Waals surface area contributed by atoms with Crippen LogP contribution >= 0.6 is 11.6 Å². The van der Waals surface area contributed by atoms with Crippen molar-refractivity contribution < 1.29 is 32.2 Å². The molecule has 0 saturated carbocycles. The van der Waals surface area contributed by atoms with Crippen LogP contribution in [0.5, 0.6) is 5.75 Å². The third-order valence-electron chi connectivity index (χ3n) is 3.72. The fourth-order valence-corrected chi connectivity index (χ4v) is 2.52. The summed E-state index contributed by atoms with van der Waals surface area (Å²) in [5, 5.41) is 3.79. The van der Waals surface area contributed by atoms with Crippen LogP contribution < -0.4 is 15.4 Å². The number of hydrogen-bond donors (Lipinski definition) is 2. The first kappa shape index (κ1) is 22.3. The van der Waals surface area contributed by atoms with Gasteiger partial charge in [-0.15, -0.1) is 0 Å². The first-order valence-electron chi connectivity index (χ1n) is 8.22. The van der Waals surface area contributed by atoms with Gasteiger partial charge in [0.1, 0.15) is 5.75 Å². The van der Waals surface area contributed by atoms with Crippen LogP contribution in [0.4, 0.5) is 18.9 Å². The summed E-state index contributed by atoms with van der Waals surface area (Å²) < 4.78 is 52.2. The molecule has 7 nitrogen and oxygen atoms in total. The lowest BCUT2D eigenvalue weighted by Crippen LogP contribution is -2.69. The number of rotatable bonds is 7. The molecule has 29 heavy (non-hydrogen) atoms. The van der Waals surface area contributed by atoms with E-state index in [0.29, 0.717) is 0 Å². The molecular formula is C18H17ClF3N3O4. The number of nitrogens with zero attached hydrogens (tertiary/aromatic N) is 1. The van der Waals surface area contributed by atoms with Crippen molar-refractivity contribution in [2.75, 3.05) is 19.0 Å². The van der Waals surface area contributed by atoms with E-state index < -0.39 is 23.7 Å². The molecule has 0 aliphatic heterocycles. The average molecular weight is 432 g/mol. The fraction of sp³-hybridized carbons (Fsp3) is 0.278. The molecule has 11 heteroatoms. The smallest absolute Gasteiger partial charge is 0.441 e. The van der Waals surface area contributed by atoms with E-state index in [1.54, 1.807) is 5.32 Å². The van der Waals surface area contributed by atoms with E-state index in [2.05, 4.69) is 9.72 Å². The highest BCUT2D eigenvalue weighted by Crippen LogP contribution is 2.37. The summed E-state index contributed by atoms with van der Waals surface area (Å²) in [6.45, 7) is 0.982. The van der Waals surface area contributed by atoms with Crippen molar-refractivity contribution in [2.24, 2.45) is 0 Å². The predicted molar refractivity (Wildman–Crippen MR) is 98.7 cm³/mol. The molecule has 0 unspecified atom stereocenters. The van der Waals surface area contributed by atoms with Crippen LogP contribution in [-0.4, -0.2) is 42.4 Å². The Morgan fingerprint density at radius 1 is 1.24 bits per heavy atom. The molecule has 2 N–H and O–H groups in total. The number of aromatic nitrogens is 1. The van der Waals surface area contributed by atoms with Gasteiger partial charge in [0.15, 0.2) is 0 Å². The van der Waals surface area contributed by atoms with Gasteiger partial charge in [0, 0.05) is 17.4 Å². The van der Waals surface area contributed by atoms with E-state index in [9.17, 15) is 22.8 Å². The van der Waals surface area contributed by atoms with Crippen molar-refractivity contribution in [1.82, 2.24) is 10.3 Å². The standard InChI is InChI=1S/C18H17ClF3N3O4/c1-3-29-16(27)17(18(20,21)22,25-15(26)11-5-4-8-23-10-11)24-13-9-12(19)6-7-14(13)28-2/h4-10,24H,3H2,1-2H3,(H,25,26)/t17-/m1/s1. The minimum atomic E-state index is -5.30. The molecule has 2 aromatic rings. The van der Waals surface area contributed by atoms with Crippen molar-refractivity contribution in [3.05, 3.63) is 53.3 Å². The van der Waals surface area contributed by atoms with E-state index in [-0.39, 0.29) is 28.6 Å². The molecule has 0 saturated heterocycles. The topological polar surface area (TPSA) is 89.5 Å². The summed E-state index contributed by atoms with van der Waals surface area (Å²) in [7, 11) is 1.22. The molecule has 1 atom stereocenters. The normalized spacial score (nSPS) is 13.2. The molecule has 1 amide bonds. The fourth-order valence-electron chi connectivity index (χ4n) is 2.35. The number of carbonyl (C=O) groups is 2. The van der Waals surface area contributed by atoms with Gasteiger partial charge in [0.05, 0.1) is 25.0 Å². The zero-order valence-corrected chi connectivity index (χ0v) is 16.1. The van der Waals surface area contributed by atoms with Crippen LogP contribution in [-0.2, 0) is 9.53 Å². The van der Waals surface area contributed by atoms with Crippen molar-refractivity contribution >= 4 is 29.2 Å². The zero-order valence-electron chi connectivity index (χ0n) is 15.3. The Bertz CT molecular complexity index is 880. The molecule has 0 aliphatic rings. The summed E-state index contributed by atoms with van der Waals surface area (Å²) in [5.41, 5.74) is -4.09. The van der Waals surface area contributed by atoms with Gasteiger partial charge in [-0.3, -0.25) is 9.78 Å². The molecule has 1 aromatic heterocycles. The number of benzene rings is 1. The van der Waals surface area contributed by atoms with E-state index in [4.69, 9.17) is 16.3 Å². The lowest BCUT2D eigenvalue weighted by Gasteiger charge is -2.35. The third-order valence-corrected chi connectivity index (χ3v) is 3.95. The number of esters is 1. The number of nitrogens with one attached hydrogen (secondary N) is 2. The minimum absolute atomic E-state index is 0.0389. The van der Waals surface area contributed by atoms with Crippen molar-refractivity contribution in [3.8, 4) is 5.75 Å². The average Bonchev–Trinajstić information content (AvgIpc) is 2.67. The maximum atomic E-state index is 14.2. The maximum Gasteiger partial charge on any atom is 0.441 e. The number of halogens is 4. The van der Waals surface area contributed by atoms with Crippen LogP contribution in [0.2, 0.25) is 5.02 Å². The first-order chi connectivity index (χ1) is 13.6. The molecular weight excluding hydrogens is 415 g/mol. The molecule has 156 valence electrons. The van der Waals surface area contributed by atoms with E-state index in [1.807, 2.05) is 5.32 Å². The first-order valence-corrected chi connectivity index (χ1v) is 8.60. The van der Waals surface area contributed by atoms with Crippen molar-refractivity contribution in [3.63, 3.8) is 0 Å². The summed E-state index contributed by atoms with van der Waals surface area (Å²) in [6, 6.07) is 6.42. The lowest BCUT2D eigenvalue weighted by molar-refractivity contribution is -0.204. The number of methoxy groups -OCH3 is 1. The highest BCUT2D eigenvalue weighted by Gasteiger charge is 2.64. The second-order valence-corrected chi connectivity index (χ2v) is 6.07. The summed E-state index contributed by atoms with van der Waals surface area (Å²) in [6.07, 6.45) is -2.90. The number of pyridine rings is 1. The number of amides is 1. The third kappa shape index (κ3) is 4.89. The number of hydrogen-bond acceptors (Lipinski definition) is 6. The Morgan fingerprint density at radius 3 is 2.52 bits per heavy atom. The second kappa shape index (κ2) is 8.99. The second-order valence-electron chi connectivity index (χ2n) is 5.63.